The van der Waals surface area contributed by atoms with E-state index in [0.29, 0.717) is 32.6 Å². The average molecular weight is 371 g/mol. The highest BCUT2D eigenvalue weighted by Gasteiger charge is 2.18. The zero-order valence-corrected chi connectivity index (χ0v) is 14.6. The van der Waals surface area contributed by atoms with Crippen molar-refractivity contribution in [2.24, 2.45) is 0 Å². The predicted molar refractivity (Wildman–Crippen MR) is 97.8 cm³/mol. The van der Waals surface area contributed by atoms with Crippen LogP contribution < -0.4 is 5.56 Å². The van der Waals surface area contributed by atoms with Crippen LogP contribution in [0.5, 0.6) is 0 Å². The molecule has 0 saturated heterocycles. The monoisotopic (exact) mass is 370 g/mol. The summed E-state index contributed by atoms with van der Waals surface area (Å²) in [5.74, 6) is 0. The standard InChI is InChI=1S/C17H11ClN4O2S/c1-25(24)17-20-9-11-14(21-17)10-5-4-8-19-15(10)22(16(11)23)13-7-3-2-6-12(13)18/h2-9H,1H3. The van der Waals surface area contributed by atoms with Crippen LogP contribution >= 0.6 is 11.6 Å². The van der Waals surface area contributed by atoms with Crippen LogP contribution in [0.2, 0.25) is 5.02 Å². The van der Waals surface area contributed by atoms with Crippen LogP contribution in [0.1, 0.15) is 0 Å². The Bertz CT molecular complexity index is 1180. The van der Waals surface area contributed by atoms with E-state index in [1.54, 1.807) is 36.5 Å². The largest absolute Gasteiger partial charge is 0.609 e. The van der Waals surface area contributed by atoms with E-state index < -0.39 is 11.2 Å². The molecule has 124 valence electrons. The highest BCUT2D eigenvalue weighted by atomic mass is 35.5. The van der Waals surface area contributed by atoms with Crippen molar-refractivity contribution in [3.05, 3.63) is 64.2 Å². The maximum atomic E-state index is 13.1. The van der Waals surface area contributed by atoms with Gasteiger partial charge >= 0.3 is 5.16 Å². The maximum Gasteiger partial charge on any atom is 0.342 e. The topological polar surface area (TPSA) is 83.7 Å². The normalized spacial score (nSPS) is 12.6. The Kier molecular flexibility index (Phi) is 3.91. The summed E-state index contributed by atoms with van der Waals surface area (Å²) in [6, 6.07) is 10.6. The number of pyridine rings is 2. The fourth-order valence-electron chi connectivity index (χ4n) is 2.70. The number of aromatic nitrogens is 4. The molecule has 0 aliphatic rings. The molecule has 3 heterocycles. The summed E-state index contributed by atoms with van der Waals surface area (Å²) < 4.78 is 13.2. The van der Waals surface area contributed by atoms with E-state index in [-0.39, 0.29) is 10.7 Å². The number of hydrogen-bond acceptors (Lipinski definition) is 5. The van der Waals surface area contributed by atoms with Crippen LogP contribution in [0.3, 0.4) is 0 Å². The Morgan fingerprint density at radius 1 is 1.12 bits per heavy atom. The molecule has 0 aliphatic heterocycles. The number of benzene rings is 1. The van der Waals surface area contributed by atoms with Gasteiger partial charge in [-0.1, -0.05) is 23.7 Å². The minimum atomic E-state index is -1.35. The van der Waals surface area contributed by atoms with Crippen molar-refractivity contribution in [1.29, 1.82) is 0 Å². The fraction of sp³-hybridized carbons (Fsp3) is 0.0588. The SMILES string of the molecule is C[S+]([O-])c1ncc2c(=O)n(-c3ccccc3Cl)c3ncccc3c2n1. The lowest BCUT2D eigenvalue weighted by molar-refractivity contribution is 0.593. The van der Waals surface area contributed by atoms with Crippen molar-refractivity contribution in [3.8, 4) is 5.69 Å². The third-order valence-corrected chi connectivity index (χ3v) is 4.83. The number of hydrogen-bond donors (Lipinski definition) is 0. The van der Waals surface area contributed by atoms with Crippen LogP contribution in [-0.4, -0.2) is 30.3 Å². The number of halogens is 1. The molecule has 8 heteroatoms. The summed E-state index contributed by atoms with van der Waals surface area (Å²) in [6.45, 7) is 0. The number of rotatable bonds is 2. The van der Waals surface area contributed by atoms with Crippen molar-refractivity contribution in [3.63, 3.8) is 0 Å². The lowest BCUT2D eigenvalue weighted by atomic mass is 10.2. The molecule has 0 spiro atoms. The van der Waals surface area contributed by atoms with Gasteiger partial charge in [-0.25, -0.2) is 4.98 Å². The molecule has 1 unspecified atom stereocenters. The molecule has 0 N–H and O–H groups in total. The van der Waals surface area contributed by atoms with Crippen LogP contribution in [0.4, 0.5) is 0 Å². The third kappa shape index (κ3) is 2.57. The summed E-state index contributed by atoms with van der Waals surface area (Å²) >= 11 is 4.94. The second-order valence-electron chi connectivity index (χ2n) is 5.34. The molecule has 4 rings (SSSR count). The van der Waals surface area contributed by atoms with E-state index in [4.69, 9.17) is 11.6 Å². The Labute approximate surface area is 150 Å². The number of para-hydroxylation sites is 1. The van der Waals surface area contributed by atoms with Gasteiger partial charge in [-0.2, -0.15) is 9.97 Å². The van der Waals surface area contributed by atoms with Crippen LogP contribution in [-0.2, 0) is 11.2 Å². The summed E-state index contributed by atoms with van der Waals surface area (Å²) in [5, 5.41) is 1.58. The Balaban J connectivity index is 2.21. The molecular formula is C17H11ClN4O2S. The number of nitrogens with zero attached hydrogens (tertiary/aromatic N) is 4. The third-order valence-electron chi connectivity index (χ3n) is 3.80. The van der Waals surface area contributed by atoms with E-state index >= 15 is 0 Å². The van der Waals surface area contributed by atoms with Crippen molar-refractivity contribution >= 4 is 44.7 Å². The van der Waals surface area contributed by atoms with Gasteiger partial charge in [0, 0.05) is 29.0 Å². The molecule has 0 radical (unpaired) electrons. The van der Waals surface area contributed by atoms with Gasteiger partial charge in [-0.15, -0.1) is 0 Å². The molecule has 4 aromatic rings. The van der Waals surface area contributed by atoms with Crippen molar-refractivity contribution in [2.45, 2.75) is 5.16 Å². The highest BCUT2D eigenvalue weighted by molar-refractivity contribution is 7.90. The maximum absolute atomic E-state index is 13.1. The molecule has 0 fully saturated rings. The van der Waals surface area contributed by atoms with Gasteiger partial charge in [-0.3, -0.25) is 9.36 Å². The van der Waals surface area contributed by atoms with Crippen molar-refractivity contribution < 1.29 is 4.55 Å². The van der Waals surface area contributed by atoms with Crippen LogP contribution in [0, 0.1) is 0 Å². The fourth-order valence-corrected chi connectivity index (χ4v) is 3.34. The first kappa shape index (κ1) is 16.0. The van der Waals surface area contributed by atoms with E-state index in [9.17, 15) is 9.35 Å². The first-order valence-electron chi connectivity index (χ1n) is 7.33. The summed E-state index contributed by atoms with van der Waals surface area (Å²) in [7, 11) is 0. The second-order valence-corrected chi connectivity index (χ2v) is 7.02. The summed E-state index contributed by atoms with van der Waals surface area (Å²) in [5.41, 5.74) is 1.06. The zero-order chi connectivity index (χ0) is 17.6. The van der Waals surface area contributed by atoms with E-state index in [0.717, 1.165) is 0 Å². The first-order valence-corrected chi connectivity index (χ1v) is 9.26. The molecule has 3 aromatic heterocycles. The first-order chi connectivity index (χ1) is 12.1. The Morgan fingerprint density at radius 3 is 2.68 bits per heavy atom. The molecule has 25 heavy (non-hydrogen) atoms. The molecule has 1 atom stereocenters. The molecule has 0 amide bonds. The molecule has 0 saturated carbocycles. The molecular weight excluding hydrogens is 360 g/mol. The Morgan fingerprint density at radius 2 is 1.92 bits per heavy atom. The summed E-state index contributed by atoms with van der Waals surface area (Å²) in [4.78, 5) is 25.8. The van der Waals surface area contributed by atoms with Gasteiger partial charge in [0.05, 0.1) is 21.6 Å². The van der Waals surface area contributed by atoms with E-state index in [1.165, 1.54) is 17.0 Å². The molecule has 0 bridgehead atoms. The minimum Gasteiger partial charge on any atom is -0.609 e. The number of fused-ring (bicyclic) bond motifs is 3. The van der Waals surface area contributed by atoms with Gasteiger partial charge in [0.15, 0.2) is 0 Å². The lowest BCUT2D eigenvalue weighted by Crippen LogP contribution is -2.21. The van der Waals surface area contributed by atoms with Gasteiger partial charge in [0.2, 0.25) is 0 Å². The Hall–Kier alpha value is -2.48. The van der Waals surface area contributed by atoms with Crippen molar-refractivity contribution in [2.75, 3.05) is 6.26 Å². The average Bonchev–Trinajstić information content (AvgIpc) is 2.63. The van der Waals surface area contributed by atoms with Gasteiger partial charge in [0.1, 0.15) is 11.9 Å². The molecule has 0 aliphatic carbocycles. The van der Waals surface area contributed by atoms with Gasteiger partial charge in [0.25, 0.3) is 5.56 Å². The van der Waals surface area contributed by atoms with Gasteiger partial charge in [-0.05, 0) is 24.3 Å². The zero-order valence-electron chi connectivity index (χ0n) is 13.0. The van der Waals surface area contributed by atoms with Crippen molar-refractivity contribution in [1.82, 2.24) is 19.5 Å². The van der Waals surface area contributed by atoms with Crippen LogP contribution in [0.25, 0.3) is 27.6 Å². The highest BCUT2D eigenvalue weighted by Crippen LogP contribution is 2.25. The molecule has 6 nitrogen and oxygen atoms in total. The second kappa shape index (κ2) is 6.11. The smallest absolute Gasteiger partial charge is 0.342 e. The quantitative estimate of drug-likeness (QED) is 0.308. The van der Waals surface area contributed by atoms with E-state index in [1.807, 2.05) is 6.07 Å². The van der Waals surface area contributed by atoms with Crippen LogP contribution in [0.15, 0.2) is 58.7 Å². The minimum absolute atomic E-state index is 0.174. The predicted octanol–water partition coefficient (Wildman–Crippen LogP) is 2.72. The van der Waals surface area contributed by atoms with E-state index in [2.05, 4.69) is 15.0 Å². The lowest BCUT2D eigenvalue weighted by Gasteiger charge is -2.13. The summed E-state index contributed by atoms with van der Waals surface area (Å²) in [6.07, 6.45) is 4.49. The van der Waals surface area contributed by atoms with Gasteiger partial charge < -0.3 is 4.55 Å². The molecule has 1 aromatic carbocycles.